The summed E-state index contributed by atoms with van der Waals surface area (Å²) in [6.07, 6.45) is 3.42. The van der Waals surface area contributed by atoms with E-state index >= 15 is 0 Å². The summed E-state index contributed by atoms with van der Waals surface area (Å²) >= 11 is 12.3. The van der Waals surface area contributed by atoms with Crippen LogP contribution in [0.2, 0.25) is 10.0 Å². The fourth-order valence-electron chi connectivity index (χ4n) is 3.48. The molecule has 0 radical (unpaired) electrons. The molecule has 0 spiro atoms. The molecule has 1 heterocycles. The number of rotatable bonds is 4. The molecule has 1 N–H and O–H groups in total. The highest BCUT2D eigenvalue weighted by Crippen LogP contribution is 2.30. The zero-order valence-electron chi connectivity index (χ0n) is 14.6. The van der Waals surface area contributed by atoms with Crippen molar-refractivity contribution < 1.29 is 4.79 Å². The lowest BCUT2D eigenvalue weighted by Gasteiger charge is -2.38. The third-order valence-corrected chi connectivity index (χ3v) is 5.67. The van der Waals surface area contributed by atoms with Crippen molar-refractivity contribution in [1.29, 1.82) is 0 Å². The summed E-state index contributed by atoms with van der Waals surface area (Å²) in [4.78, 5) is 15.2. The van der Waals surface area contributed by atoms with Gasteiger partial charge in [-0.15, -0.1) is 12.4 Å². The maximum Gasteiger partial charge on any atom is 0.253 e. The molecule has 2 aromatic rings. The van der Waals surface area contributed by atoms with Crippen molar-refractivity contribution in [3.8, 4) is 0 Å². The molecule has 2 atom stereocenters. The lowest BCUT2D eigenvalue weighted by Crippen LogP contribution is -2.47. The maximum absolute atomic E-state index is 12.9. The molecule has 1 amide bonds. The van der Waals surface area contributed by atoms with E-state index in [9.17, 15) is 4.79 Å². The van der Waals surface area contributed by atoms with Gasteiger partial charge in [-0.1, -0.05) is 66.0 Å². The SMILES string of the molecule is CN1CCCC[C@H]1C(NC(=O)c1cccc(Cl)c1Cl)c1ccccc1.Cl. The van der Waals surface area contributed by atoms with E-state index in [1.165, 1.54) is 12.8 Å². The molecule has 2 aromatic carbocycles. The smallest absolute Gasteiger partial charge is 0.253 e. The van der Waals surface area contributed by atoms with Crippen LogP contribution in [0.15, 0.2) is 48.5 Å². The minimum atomic E-state index is -0.194. The van der Waals surface area contributed by atoms with Crippen molar-refractivity contribution in [3.05, 3.63) is 69.7 Å². The Balaban J connectivity index is 0.00000243. The van der Waals surface area contributed by atoms with E-state index < -0.39 is 0 Å². The summed E-state index contributed by atoms with van der Waals surface area (Å²) in [5.41, 5.74) is 1.52. The molecule has 1 fully saturated rings. The molecule has 0 saturated carbocycles. The van der Waals surface area contributed by atoms with Crippen LogP contribution >= 0.6 is 35.6 Å². The molecule has 3 nitrogen and oxygen atoms in total. The number of likely N-dealkylation sites (tertiary alicyclic amines) is 1. The number of nitrogens with zero attached hydrogens (tertiary/aromatic N) is 1. The highest BCUT2D eigenvalue weighted by Gasteiger charge is 2.30. The number of carbonyl (C=O) groups excluding carboxylic acids is 1. The second-order valence-corrected chi connectivity index (χ2v) is 7.29. The van der Waals surface area contributed by atoms with Crippen molar-refractivity contribution in [2.24, 2.45) is 0 Å². The first-order chi connectivity index (χ1) is 12.1. The van der Waals surface area contributed by atoms with E-state index in [4.69, 9.17) is 23.2 Å². The topological polar surface area (TPSA) is 32.3 Å². The van der Waals surface area contributed by atoms with Gasteiger partial charge in [0.15, 0.2) is 0 Å². The third kappa shape index (κ3) is 4.72. The van der Waals surface area contributed by atoms with Crippen molar-refractivity contribution in [2.75, 3.05) is 13.6 Å². The van der Waals surface area contributed by atoms with E-state index in [0.717, 1.165) is 18.5 Å². The van der Waals surface area contributed by atoms with Crippen LogP contribution in [0.3, 0.4) is 0 Å². The van der Waals surface area contributed by atoms with Crippen molar-refractivity contribution in [1.82, 2.24) is 10.2 Å². The predicted octanol–water partition coefficient (Wildman–Crippen LogP) is 5.37. The van der Waals surface area contributed by atoms with Gasteiger partial charge in [-0.3, -0.25) is 4.79 Å². The number of likely N-dealkylation sites (N-methyl/N-ethyl adjacent to an activating group) is 1. The van der Waals surface area contributed by atoms with Gasteiger partial charge in [0.2, 0.25) is 0 Å². The largest absolute Gasteiger partial charge is 0.344 e. The van der Waals surface area contributed by atoms with Gasteiger partial charge in [0, 0.05) is 6.04 Å². The van der Waals surface area contributed by atoms with Crippen LogP contribution < -0.4 is 5.32 Å². The van der Waals surface area contributed by atoms with Gasteiger partial charge < -0.3 is 10.2 Å². The van der Waals surface area contributed by atoms with Gasteiger partial charge in [0.25, 0.3) is 5.91 Å². The quantitative estimate of drug-likeness (QED) is 0.730. The van der Waals surface area contributed by atoms with Crippen LogP contribution in [0.4, 0.5) is 0 Å². The Kier molecular flexibility index (Phi) is 7.78. The van der Waals surface area contributed by atoms with Gasteiger partial charge in [-0.25, -0.2) is 0 Å². The average molecular weight is 414 g/mol. The average Bonchev–Trinajstić information content (AvgIpc) is 2.63. The van der Waals surface area contributed by atoms with Crippen LogP contribution in [0.1, 0.15) is 41.2 Å². The number of nitrogens with one attached hydrogen (secondary N) is 1. The van der Waals surface area contributed by atoms with Gasteiger partial charge in [-0.05, 0) is 44.1 Å². The highest BCUT2D eigenvalue weighted by molar-refractivity contribution is 6.43. The van der Waals surface area contributed by atoms with Crippen LogP contribution in [-0.4, -0.2) is 30.4 Å². The number of hydrogen-bond donors (Lipinski definition) is 1. The Morgan fingerprint density at radius 2 is 1.85 bits per heavy atom. The normalized spacial score (nSPS) is 18.7. The Morgan fingerprint density at radius 3 is 2.54 bits per heavy atom. The number of benzene rings is 2. The fourth-order valence-corrected chi connectivity index (χ4v) is 3.87. The summed E-state index contributed by atoms with van der Waals surface area (Å²) in [7, 11) is 2.12. The highest BCUT2D eigenvalue weighted by atomic mass is 35.5. The first-order valence-corrected chi connectivity index (χ1v) is 9.33. The number of halogens is 3. The number of carbonyl (C=O) groups is 1. The molecule has 0 aliphatic carbocycles. The number of amides is 1. The minimum absolute atomic E-state index is 0. The predicted molar refractivity (Wildman–Crippen MR) is 111 cm³/mol. The summed E-state index contributed by atoms with van der Waals surface area (Å²) in [5, 5.41) is 3.88. The molecule has 0 bridgehead atoms. The Hall–Kier alpha value is -1.26. The summed E-state index contributed by atoms with van der Waals surface area (Å²) < 4.78 is 0. The minimum Gasteiger partial charge on any atom is -0.344 e. The van der Waals surface area contributed by atoms with E-state index in [-0.39, 0.29) is 30.4 Å². The molecule has 6 heteroatoms. The van der Waals surface area contributed by atoms with E-state index in [1.54, 1.807) is 18.2 Å². The lowest BCUT2D eigenvalue weighted by atomic mass is 9.91. The Labute approximate surface area is 171 Å². The first-order valence-electron chi connectivity index (χ1n) is 8.58. The summed E-state index contributed by atoms with van der Waals surface area (Å²) in [5.74, 6) is -0.194. The molecule has 26 heavy (non-hydrogen) atoms. The third-order valence-electron chi connectivity index (χ3n) is 4.85. The maximum atomic E-state index is 12.9. The number of piperidine rings is 1. The van der Waals surface area contributed by atoms with Crippen molar-refractivity contribution in [2.45, 2.75) is 31.3 Å². The zero-order chi connectivity index (χ0) is 17.8. The van der Waals surface area contributed by atoms with Gasteiger partial charge >= 0.3 is 0 Å². The van der Waals surface area contributed by atoms with E-state index in [2.05, 4.69) is 29.4 Å². The molecule has 1 saturated heterocycles. The molecule has 0 aromatic heterocycles. The van der Waals surface area contributed by atoms with Gasteiger partial charge in [0.05, 0.1) is 21.7 Å². The van der Waals surface area contributed by atoms with Crippen LogP contribution in [-0.2, 0) is 0 Å². The Morgan fingerprint density at radius 1 is 1.12 bits per heavy atom. The van der Waals surface area contributed by atoms with Gasteiger partial charge in [0.1, 0.15) is 0 Å². The molecule has 1 aliphatic rings. The molecule has 140 valence electrons. The second kappa shape index (κ2) is 9.61. The molecule has 1 unspecified atom stereocenters. The lowest BCUT2D eigenvalue weighted by molar-refractivity contribution is 0.0871. The van der Waals surface area contributed by atoms with E-state index in [0.29, 0.717) is 15.6 Å². The molecular weight excluding hydrogens is 391 g/mol. The standard InChI is InChI=1S/C20H22Cl2N2O.ClH/c1-24-13-6-5-12-17(24)19(14-8-3-2-4-9-14)23-20(25)15-10-7-11-16(21)18(15)22;/h2-4,7-11,17,19H,5-6,12-13H2,1H3,(H,23,25);1H/t17-,19?;/m0./s1. The zero-order valence-corrected chi connectivity index (χ0v) is 16.9. The van der Waals surface area contributed by atoms with Crippen molar-refractivity contribution >= 4 is 41.5 Å². The fraction of sp³-hybridized carbons (Fsp3) is 0.350. The monoisotopic (exact) mass is 412 g/mol. The van der Waals surface area contributed by atoms with Crippen LogP contribution in [0, 0.1) is 0 Å². The van der Waals surface area contributed by atoms with Crippen LogP contribution in [0.5, 0.6) is 0 Å². The number of hydrogen-bond acceptors (Lipinski definition) is 2. The Bertz CT molecular complexity index is 739. The first kappa shape index (κ1) is 21.0. The molecule has 3 rings (SSSR count). The van der Waals surface area contributed by atoms with E-state index in [1.807, 2.05) is 18.2 Å². The van der Waals surface area contributed by atoms with Crippen molar-refractivity contribution in [3.63, 3.8) is 0 Å². The summed E-state index contributed by atoms with van der Waals surface area (Å²) in [6.45, 7) is 1.04. The summed E-state index contributed by atoms with van der Waals surface area (Å²) in [6, 6.07) is 15.4. The van der Waals surface area contributed by atoms with Crippen LogP contribution in [0.25, 0.3) is 0 Å². The molecular formula is C20H23Cl3N2O. The molecule has 1 aliphatic heterocycles. The second-order valence-electron chi connectivity index (χ2n) is 6.51. The van der Waals surface area contributed by atoms with Gasteiger partial charge in [-0.2, -0.15) is 0 Å².